The van der Waals surface area contributed by atoms with Gasteiger partial charge in [-0.15, -0.1) is 0 Å². The Morgan fingerprint density at radius 3 is 2.37 bits per heavy atom. The van der Waals surface area contributed by atoms with E-state index in [0.29, 0.717) is 16.9 Å². The van der Waals surface area contributed by atoms with Crippen LogP contribution in [0.2, 0.25) is 0 Å². The molecule has 2 rings (SSSR count). The number of carbonyl (C=O) groups is 1. The number of anilines is 2. The van der Waals surface area contributed by atoms with Crippen LogP contribution < -0.4 is 10.2 Å². The van der Waals surface area contributed by atoms with Gasteiger partial charge >= 0.3 is 0 Å². The van der Waals surface area contributed by atoms with Gasteiger partial charge in [0.15, 0.2) is 0 Å². The van der Waals surface area contributed by atoms with Crippen LogP contribution in [-0.4, -0.2) is 20.0 Å². The molecule has 0 fully saturated rings. The summed E-state index contributed by atoms with van der Waals surface area (Å²) >= 11 is 0. The minimum atomic E-state index is -0.365. The van der Waals surface area contributed by atoms with E-state index < -0.39 is 0 Å². The maximum Gasteiger partial charge on any atom is 0.255 e. The second-order valence-electron chi connectivity index (χ2n) is 4.38. The number of halogens is 1. The summed E-state index contributed by atoms with van der Waals surface area (Å²) in [7, 11) is 3.53. The lowest BCUT2D eigenvalue weighted by atomic mass is 10.2. The summed E-state index contributed by atoms with van der Waals surface area (Å²) in [6, 6.07) is 13.4. The molecule has 1 amide bonds. The van der Waals surface area contributed by atoms with Crippen molar-refractivity contribution in [2.24, 2.45) is 0 Å². The van der Waals surface area contributed by atoms with E-state index in [0.717, 1.165) is 0 Å². The highest BCUT2D eigenvalue weighted by molar-refractivity contribution is 6.04. The van der Waals surface area contributed by atoms with Crippen molar-refractivity contribution in [3.63, 3.8) is 0 Å². The molecule has 2 aromatic carbocycles. The van der Waals surface area contributed by atoms with E-state index in [1.54, 1.807) is 55.4 Å². The van der Waals surface area contributed by atoms with Gasteiger partial charge in [-0.2, -0.15) is 0 Å². The predicted octanol–water partition coefficient (Wildman–Crippen LogP) is 3.14. The van der Waals surface area contributed by atoms with E-state index in [9.17, 15) is 9.18 Å². The summed E-state index contributed by atoms with van der Waals surface area (Å²) in [5.41, 5.74) is 1.47. The summed E-state index contributed by atoms with van der Waals surface area (Å²) in [5.74, 6) is -0.617. The minimum Gasteiger partial charge on any atom is -0.375 e. The van der Waals surface area contributed by atoms with Crippen molar-refractivity contribution in [1.29, 1.82) is 0 Å². The molecule has 0 unspecified atom stereocenters. The summed E-state index contributed by atoms with van der Waals surface area (Å²) in [5, 5.41) is 2.67. The molecule has 0 atom stereocenters. The van der Waals surface area contributed by atoms with Crippen molar-refractivity contribution in [2.75, 3.05) is 24.3 Å². The van der Waals surface area contributed by atoms with E-state index in [-0.39, 0.29) is 11.7 Å². The van der Waals surface area contributed by atoms with Gasteiger partial charge in [-0.05, 0) is 30.3 Å². The first-order valence-corrected chi connectivity index (χ1v) is 5.91. The zero-order valence-corrected chi connectivity index (χ0v) is 10.9. The van der Waals surface area contributed by atoms with Gasteiger partial charge in [-0.3, -0.25) is 4.79 Å². The van der Waals surface area contributed by atoms with Crippen LogP contribution >= 0.6 is 0 Å². The average molecular weight is 258 g/mol. The molecule has 0 saturated carbocycles. The Bertz CT molecular complexity index is 582. The monoisotopic (exact) mass is 258 g/mol. The lowest BCUT2D eigenvalue weighted by molar-refractivity contribution is 0.102. The Morgan fingerprint density at radius 2 is 1.79 bits per heavy atom. The number of hydrogen-bond donors (Lipinski definition) is 1. The maximum atomic E-state index is 13.8. The smallest absolute Gasteiger partial charge is 0.255 e. The van der Waals surface area contributed by atoms with E-state index in [2.05, 4.69) is 5.32 Å². The third kappa shape index (κ3) is 3.10. The quantitative estimate of drug-likeness (QED) is 0.917. The molecule has 0 heterocycles. The highest BCUT2D eigenvalue weighted by Gasteiger charge is 2.08. The van der Waals surface area contributed by atoms with Crippen molar-refractivity contribution in [2.45, 2.75) is 0 Å². The van der Waals surface area contributed by atoms with Crippen molar-refractivity contribution in [3.05, 3.63) is 59.9 Å². The third-order valence-electron chi connectivity index (χ3n) is 2.72. The number of nitrogens with one attached hydrogen (secondary N) is 1. The second kappa shape index (κ2) is 5.52. The minimum absolute atomic E-state index is 0.252. The summed E-state index contributed by atoms with van der Waals surface area (Å²) in [6.07, 6.45) is 0. The molecule has 0 aromatic heterocycles. The van der Waals surface area contributed by atoms with Crippen LogP contribution in [0.5, 0.6) is 0 Å². The van der Waals surface area contributed by atoms with Crippen LogP contribution in [0.15, 0.2) is 48.5 Å². The lowest BCUT2D eigenvalue weighted by Crippen LogP contribution is -2.13. The number of hydrogen-bond acceptors (Lipinski definition) is 2. The fourth-order valence-corrected chi connectivity index (χ4v) is 1.74. The summed E-state index contributed by atoms with van der Waals surface area (Å²) in [6.45, 7) is 0. The second-order valence-corrected chi connectivity index (χ2v) is 4.38. The molecule has 0 aliphatic rings. The Hall–Kier alpha value is -2.36. The van der Waals surface area contributed by atoms with Gasteiger partial charge in [0.1, 0.15) is 5.82 Å². The van der Waals surface area contributed by atoms with Gasteiger partial charge in [-0.25, -0.2) is 4.39 Å². The van der Waals surface area contributed by atoms with Gasteiger partial charge in [0.25, 0.3) is 5.91 Å². The summed E-state index contributed by atoms with van der Waals surface area (Å²) in [4.78, 5) is 13.6. The third-order valence-corrected chi connectivity index (χ3v) is 2.72. The molecule has 0 spiro atoms. The maximum absolute atomic E-state index is 13.8. The van der Waals surface area contributed by atoms with Crippen LogP contribution in [-0.2, 0) is 0 Å². The first-order chi connectivity index (χ1) is 9.08. The van der Waals surface area contributed by atoms with Gasteiger partial charge in [0, 0.05) is 25.3 Å². The molecular weight excluding hydrogens is 243 g/mol. The molecule has 2 aromatic rings. The number of benzene rings is 2. The zero-order chi connectivity index (χ0) is 13.8. The molecule has 3 nitrogen and oxygen atoms in total. The highest BCUT2D eigenvalue weighted by atomic mass is 19.1. The molecule has 0 aliphatic heterocycles. The fraction of sp³-hybridized carbons (Fsp3) is 0.133. The topological polar surface area (TPSA) is 32.3 Å². The lowest BCUT2D eigenvalue weighted by Gasteiger charge is -2.14. The van der Waals surface area contributed by atoms with Crippen LogP contribution in [0, 0.1) is 5.82 Å². The standard InChI is InChI=1S/C15H15FN2O/c1-18(2)14-9-8-12(10-13(14)16)17-15(19)11-6-4-3-5-7-11/h3-10H,1-2H3,(H,17,19). The Morgan fingerprint density at radius 1 is 1.11 bits per heavy atom. The Balaban J connectivity index is 2.16. The van der Waals surface area contributed by atoms with Gasteiger partial charge in [0.05, 0.1) is 5.69 Å². The van der Waals surface area contributed by atoms with Crippen LogP contribution in [0.4, 0.5) is 15.8 Å². The van der Waals surface area contributed by atoms with E-state index in [1.165, 1.54) is 6.07 Å². The first kappa shape index (κ1) is 13.1. The van der Waals surface area contributed by atoms with Crippen molar-refractivity contribution >= 4 is 17.3 Å². The Labute approximate surface area is 111 Å². The summed E-state index contributed by atoms with van der Waals surface area (Å²) < 4.78 is 13.8. The molecule has 1 N–H and O–H groups in total. The fourth-order valence-electron chi connectivity index (χ4n) is 1.74. The zero-order valence-electron chi connectivity index (χ0n) is 10.9. The molecule has 19 heavy (non-hydrogen) atoms. The van der Waals surface area contributed by atoms with Gasteiger partial charge in [-0.1, -0.05) is 18.2 Å². The van der Waals surface area contributed by atoms with E-state index in [4.69, 9.17) is 0 Å². The van der Waals surface area contributed by atoms with E-state index >= 15 is 0 Å². The number of rotatable bonds is 3. The molecule has 0 bridgehead atoms. The average Bonchev–Trinajstić information content (AvgIpc) is 2.39. The number of carbonyl (C=O) groups excluding carboxylic acids is 1. The van der Waals surface area contributed by atoms with Crippen molar-refractivity contribution in [1.82, 2.24) is 0 Å². The van der Waals surface area contributed by atoms with E-state index in [1.807, 2.05) is 6.07 Å². The van der Waals surface area contributed by atoms with Crippen molar-refractivity contribution < 1.29 is 9.18 Å². The number of amides is 1. The SMILES string of the molecule is CN(C)c1ccc(NC(=O)c2ccccc2)cc1F. The van der Waals surface area contributed by atoms with Crippen LogP contribution in [0.25, 0.3) is 0 Å². The van der Waals surface area contributed by atoms with Crippen molar-refractivity contribution in [3.8, 4) is 0 Å². The molecule has 4 heteroatoms. The molecule has 0 radical (unpaired) electrons. The van der Waals surface area contributed by atoms with Crippen LogP contribution in [0.1, 0.15) is 10.4 Å². The normalized spacial score (nSPS) is 10.1. The van der Waals surface area contributed by atoms with Crippen LogP contribution in [0.3, 0.4) is 0 Å². The molecule has 98 valence electrons. The first-order valence-electron chi connectivity index (χ1n) is 5.91. The van der Waals surface area contributed by atoms with Gasteiger partial charge < -0.3 is 10.2 Å². The van der Waals surface area contributed by atoms with Gasteiger partial charge in [0.2, 0.25) is 0 Å². The molecule has 0 aliphatic carbocycles. The highest BCUT2D eigenvalue weighted by Crippen LogP contribution is 2.21. The molecule has 0 saturated heterocycles. The Kier molecular flexibility index (Phi) is 3.80. The molecular formula is C15H15FN2O. The predicted molar refractivity (Wildman–Crippen MR) is 75.1 cm³/mol. The largest absolute Gasteiger partial charge is 0.375 e. The number of nitrogens with zero attached hydrogens (tertiary/aromatic N) is 1.